The fourth-order valence-electron chi connectivity index (χ4n) is 3.84. The smallest absolute Gasteiger partial charge is 0.231 e. The molecule has 1 N–H and O–H groups in total. The van der Waals surface area contributed by atoms with Gasteiger partial charge in [-0.05, 0) is 43.9 Å². The summed E-state index contributed by atoms with van der Waals surface area (Å²) in [4.78, 5) is 28.2. The van der Waals surface area contributed by atoms with Gasteiger partial charge in [0.2, 0.25) is 5.91 Å². The molecule has 0 unspecified atom stereocenters. The van der Waals surface area contributed by atoms with Crippen LogP contribution < -0.4 is 9.80 Å². The Kier molecular flexibility index (Phi) is 4.90. The molecule has 154 valence electrons. The van der Waals surface area contributed by atoms with Crippen LogP contribution in [0.15, 0.2) is 18.5 Å². The number of carbonyl (C=O) groups excluding carboxylic acids is 1. The van der Waals surface area contributed by atoms with Crippen LogP contribution in [0.1, 0.15) is 36.5 Å². The van der Waals surface area contributed by atoms with Crippen molar-refractivity contribution in [2.75, 3.05) is 23.9 Å². The first kappa shape index (κ1) is 19.8. The molecule has 1 aliphatic rings. The molecule has 4 rings (SSSR count). The highest BCUT2D eigenvalue weighted by Crippen LogP contribution is 2.38. The summed E-state index contributed by atoms with van der Waals surface area (Å²) >= 11 is 0. The second kappa shape index (κ2) is 7.41. The van der Waals surface area contributed by atoms with Crippen LogP contribution in [0, 0.1) is 30.0 Å². The van der Waals surface area contributed by atoms with E-state index in [9.17, 15) is 10.1 Å². The average molecular weight is 406 g/mol. The van der Waals surface area contributed by atoms with E-state index in [1.54, 1.807) is 36.3 Å². The van der Waals surface area contributed by atoms with Crippen molar-refractivity contribution in [3.8, 4) is 6.07 Å². The molecule has 0 radical (unpaired) electrons. The number of nitrogens with one attached hydrogen (secondary N) is 1. The highest BCUT2D eigenvalue weighted by molar-refractivity contribution is 6.03. The van der Waals surface area contributed by atoms with Crippen LogP contribution in [0.2, 0.25) is 0 Å². The first-order valence-electron chi connectivity index (χ1n) is 9.94. The van der Waals surface area contributed by atoms with E-state index in [1.807, 2.05) is 19.9 Å². The second-order valence-corrected chi connectivity index (χ2v) is 7.67. The van der Waals surface area contributed by atoms with E-state index in [-0.39, 0.29) is 17.4 Å². The predicted octanol–water partition coefficient (Wildman–Crippen LogP) is 3.98. The number of imidazole rings is 1. The van der Waals surface area contributed by atoms with E-state index in [1.165, 1.54) is 6.07 Å². The maximum atomic E-state index is 15.0. The van der Waals surface area contributed by atoms with Gasteiger partial charge in [-0.15, -0.1) is 0 Å². The number of aromatic amines is 1. The Bertz CT molecular complexity index is 1190. The molecule has 7 nitrogen and oxygen atoms in total. The Morgan fingerprint density at radius 3 is 2.70 bits per heavy atom. The van der Waals surface area contributed by atoms with Gasteiger partial charge in [0.05, 0.1) is 29.2 Å². The normalized spacial score (nSPS) is 13.3. The molecule has 30 heavy (non-hydrogen) atoms. The number of pyridine rings is 1. The number of nitrogens with zero attached hydrogens (tertiary/aromatic N) is 5. The third kappa shape index (κ3) is 3.16. The second-order valence-electron chi connectivity index (χ2n) is 7.67. The molecular weight excluding hydrogens is 383 g/mol. The average Bonchev–Trinajstić information content (AvgIpc) is 3.48. The number of aromatic nitrogens is 3. The lowest BCUT2D eigenvalue weighted by Crippen LogP contribution is -2.29. The summed E-state index contributed by atoms with van der Waals surface area (Å²) < 4.78 is 15.0. The number of H-pyrrole nitrogens is 1. The number of aryl methyl sites for hydroxylation is 2. The van der Waals surface area contributed by atoms with Crippen molar-refractivity contribution in [3.05, 3.63) is 41.0 Å². The van der Waals surface area contributed by atoms with Crippen molar-refractivity contribution >= 4 is 34.3 Å². The van der Waals surface area contributed by atoms with Crippen LogP contribution >= 0.6 is 0 Å². The first-order chi connectivity index (χ1) is 14.4. The molecule has 0 bridgehead atoms. The Labute approximate surface area is 174 Å². The van der Waals surface area contributed by atoms with E-state index >= 15 is 4.39 Å². The molecule has 0 aliphatic heterocycles. The van der Waals surface area contributed by atoms with Gasteiger partial charge in [-0.3, -0.25) is 9.69 Å². The van der Waals surface area contributed by atoms with Crippen molar-refractivity contribution in [2.24, 2.45) is 5.92 Å². The van der Waals surface area contributed by atoms with Gasteiger partial charge >= 0.3 is 0 Å². The van der Waals surface area contributed by atoms with Gasteiger partial charge in [0.25, 0.3) is 0 Å². The number of halogens is 1. The van der Waals surface area contributed by atoms with Crippen LogP contribution in [0.25, 0.3) is 11.0 Å². The third-order valence-corrected chi connectivity index (χ3v) is 5.65. The summed E-state index contributed by atoms with van der Waals surface area (Å²) in [6.07, 6.45) is 3.92. The van der Waals surface area contributed by atoms with Crippen molar-refractivity contribution < 1.29 is 9.18 Å². The van der Waals surface area contributed by atoms with Crippen molar-refractivity contribution in [1.29, 1.82) is 5.26 Å². The highest BCUT2D eigenvalue weighted by Gasteiger charge is 2.34. The molecule has 1 aliphatic carbocycles. The van der Waals surface area contributed by atoms with Gasteiger partial charge in [0.1, 0.15) is 17.2 Å². The van der Waals surface area contributed by atoms with Crippen LogP contribution in [-0.4, -0.2) is 35.0 Å². The summed E-state index contributed by atoms with van der Waals surface area (Å²) in [5, 5.41) is 9.17. The lowest BCUT2D eigenvalue weighted by atomic mass is 10.0. The monoisotopic (exact) mass is 406 g/mol. The van der Waals surface area contributed by atoms with E-state index < -0.39 is 5.82 Å². The number of hydrogen-bond acceptors (Lipinski definition) is 5. The zero-order chi connectivity index (χ0) is 21.6. The van der Waals surface area contributed by atoms with Gasteiger partial charge < -0.3 is 9.88 Å². The molecule has 0 atom stereocenters. The topological polar surface area (TPSA) is 88.9 Å². The van der Waals surface area contributed by atoms with E-state index in [0.29, 0.717) is 40.3 Å². The van der Waals surface area contributed by atoms with Gasteiger partial charge in [-0.1, -0.05) is 6.92 Å². The number of hydrogen-bond donors (Lipinski definition) is 1. The molecule has 1 aromatic carbocycles. The van der Waals surface area contributed by atoms with Gasteiger partial charge in [-0.25, -0.2) is 14.4 Å². The fourth-order valence-corrected chi connectivity index (χ4v) is 3.84. The highest BCUT2D eigenvalue weighted by atomic mass is 19.1. The third-order valence-electron chi connectivity index (χ3n) is 5.65. The van der Waals surface area contributed by atoms with Gasteiger partial charge in [-0.2, -0.15) is 5.26 Å². The fraction of sp³-hybridized carbons (Fsp3) is 0.364. The summed E-state index contributed by atoms with van der Waals surface area (Å²) in [7, 11) is 3.45. The zero-order valence-corrected chi connectivity index (χ0v) is 17.5. The largest absolute Gasteiger partial charge is 0.342 e. The zero-order valence-electron chi connectivity index (χ0n) is 17.5. The summed E-state index contributed by atoms with van der Waals surface area (Å²) in [5.74, 6) is 0.563. The minimum Gasteiger partial charge on any atom is -0.342 e. The summed E-state index contributed by atoms with van der Waals surface area (Å²) in [6, 6.07) is 4.93. The quantitative estimate of drug-likeness (QED) is 0.692. The number of carbonyl (C=O) groups is 1. The Balaban J connectivity index is 1.88. The molecule has 2 aromatic heterocycles. The standard InChI is InChI=1S/C22H23FN6O/c1-5-14-8-13(10-24)9-16(23)19(14)28(3)20-12(2)17-18(26-11-25-17)21(27-20)29(4)22(30)15-6-7-15/h8-9,11,15H,5-7H2,1-4H3,(H,25,26). The van der Waals surface area contributed by atoms with Crippen LogP contribution in [-0.2, 0) is 11.2 Å². The minimum absolute atomic E-state index is 0.0228. The molecule has 2 heterocycles. The Hall–Kier alpha value is -3.47. The number of anilines is 3. The Morgan fingerprint density at radius 1 is 1.33 bits per heavy atom. The summed E-state index contributed by atoms with van der Waals surface area (Å²) in [5.41, 5.74) is 3.49. The van der Waals surface area contributed by atoms with E-state index in [2.05, 4.69) is 9.97 Å². The molecule has 0 spiro atoms. The van der Waals surface area contributed by atoms with Crippen LogP contribution in [0.3, 0.4) is 0 Å². The molecule has 1 saturated carbocycles. The summed E-state index contributed by atoms with van der Waals surface area (Å²) in [6.45, 7) is 3.79. The maximum absolute atomic E-state index is 15.0. The van der Waals surface area contributed by atoms with Gasteiger partial charge in [0.15, 0.2) is 5.82 Å². The lowest BCUT2D eigenvalue weighted by Gasteiger charge is -2.26. The van der Waals surface area contributed by atoms with Crippen LogP contribution in [0.5, 0.6) is 0 Å². The predicted molar refractivity (Wildman–Crippen MR) is 113 cm³/mol. The number of rotatable bonds is 5. The van der Waals surface area contributed by atoms with E-state index in [4.69, 9.17) is 4.98 Å². The lowest BCUT2D eigenvalue weighted by molar-refractivity contribution is -0.119. The molecule has 3 aromatic rings. The number of amides is 1. The molecule has 0 saturated heterocycles. The Morgan fingerprint density at radius 2 is 2.07 bits per heavy atom. The maximum Gasteiger partial charge on any atom is 0.231 e. The van der Waals surface area contributed by atoms with Crippen molar-refractivity contribution in [1.82, 2.24) is 15.0 Å². The van der Waals surface area contributed by atoms with Crippen molar-refractivity contribution in [2.45, 2.75) is 33.1 Å². The molecule has 1 amide bonds. The van der Waals surface area contributed by atoms with Gasteiger partial charge in [0, 0.05) is 25.6 Å². The van der Waals surface area contributed by atoms with Crippen LogP contribution in [0.4, 0.5) is 21.7 Å². The number of fused-ring (bicyclic) bond motifs is 1. The number of benzene rings is 1. The minimum atomic E-state index is -0.485. The molecule has 1 fully saturated rings. The van der Waals surface area contributed by atoms with E-state index in [0.717, 1.165) is 18.4 Å². The first-order valence-corrected chi connectivity index (χ1v) is 9.94. The SMILES string of the molecule is CCc1cc(C#N)cc(F)c1N(C)c1nc(N(C)C(=O)C2CC2)c2[nH]cnc2c1C. The number of nitriles is 1. The van der Waals surface area contributed by atoms with Crippen molar-refractivity contribution in [3.63, 3.8) is 0 Å². The molecule has 8 heteroatoms. The molecular formula is C22H23FN6O.